The van der Waals surface area contributed by atoms with Crippen molar-refractivity contribution in [3.8, 4) is 5.82 Å². The van der Waals surface area contributed by atoms with Crippen molar-refractivity contribution in [2.75, 3.05) is 6.26 Å². The van der Waals surface area contributed by atoms with Crippen LogP contribution in [0.15, 0.2) is 48.0 Å². The van der Waals surface area contributed by atoms with Crippen LogP contribution in [0.5, 0.6) is 0 Å². The Kier molecular flexibility index (Phi) is 2.56. The van der Waals surface area contributed by atoms with Gasteiger partial charge in [-0.25, -0.2) is 23.4 Å². The summed E-state index contributed by atoms with van der Waals surface area (Å²) in [6.45, 7) is 0. The van der Waals surface area contributed by atoms with Crippen molar-refractivity contribution in [2.45, 2.75) is 5.16 Å². The molecule has 0 N–H and O–H groups in total. The summed E-state index contributed by atoms with van der Waals surface area (Å²) < 4.78 is 24.7. The van der Waals surface area contributed by atoms with Crippen molar-refractivity contribution in [2.24, 2.45) is 0 Å². The lowest BCUT2D eigenvalue weighted by Gasteiger charge is -2.04. The number of imidazole rings is 1. The quantitative estimate of drug-likeness (QED) is 0.656. The van der Waals surface area contributed by atoms with Crippen molar-refractivity contribution in [3.63, 3.8) is 0 Å². The van der Waals surface area contributed by atoms with E-state index in [1.165, 1.54) is 6.20 Å². The maximum absolute atomic E-state index is 11.5. The van der Waals surface area contributed by atoms with Gasteiger partial charge in [-0.2, -0.15) is 0 Å². The van der Waals surface area contributed by atoms with Crippen LogP contribution in [0.1, 0.15) is 0 Å². The fraction of sp³-hybridized carbons (Fsp3) is 0.0833. The largest absolute Gasteiger partial charge is 0.283 e. The van der Waals surface area contributed by atoms with Crippen molar-refractivity contribution in [1.29, 1.82) is 0 Å². The van der Waals surface area contributed by atoms with E-state index in [2.05, 4.69) is 15.0 Å². The van der Waals surface area contributed by atoms with Crippen LogP contribution in [-0.2, 0) is 9.84 Å². The van der Waals surface area contributed by atoms with Crippen LogP contribution < -0.4 is 0 Å². The molecule has 3 aromatic rings. The highest BCUT2D eigenvalue weighted by atomic mass is 32.2. The molecule has 96 valence electrons. The molecular weight excluding hydrogens is 264 g/mol. The first-order valence-corrected chi connectivity index (χ1v) is 7.40. The van der Waals surface area contributed by atoms with Crippen LogP contribution in [-0.4, -0.2) is 34.2 Å². The highest BCUT2D eigenvalue weighted by Crippen LogP contribution is 2.16. The van der Waals surface area contributed by atoms with Gasteiger partial charge in [0.15, 0.2) is 0 Å². The Hall–Kier alpha value is -2.28. The molecule has 19 heavy (non-hydrogen) atoms. The van der Waals surface area contributed by atoms with Gasteiger partial charge in [-0.1, -0.05) is 12.1 Å². The monoisotopic (exact) mass is 274 g/mol. The van der Waals surface area contributed by atoms with Crippen molar-refractivity contribution in [3.05, 3.63) is 42.9 Å². The van der Waals surface area contributed by atoms with Gasteiger partial charge in [0.05, 0.1) is 11.0 Å². The van der Waals surface area contributed by atoms with E-state index in [-0.39, 0.29) is 5.16 Å². The summed E-state index contributed by atoms with van der Waals surface area (Å²) in [6, 6.07) is 9.19. The minimum atomic E-state index is -3.43. The second-order valence-electron chi connectivity index (χ2n) is 4.07. The number of fused-ring (bicyclic) bond motifs is 1. The number of hydrogen-bond acceptors (Lipinski definition) is 5. The second-order valence-corrected chi connectivity index (χ2v) is 5.98. The lowest BCUT2D eigenvalue weighted by atomic mass is 10.3. The molecule has 0 saturated carbocycles. The number of sulfone groups is 1. The smallest absolute Gasteiger partial charge is 0.248 e. The minimum Gasteiger partial charge on any atom is -0.283 e. The maximum Gasteiger partial charge on any atom is 0.248 e. The molecule has 1 aromatic carbocycles. The standard InChI is InChI=1S/C12H10N4O2S/c1-19(17,18)12-13-7-6-11(15-12)16-8-14-9-4-2-3-5-10(9)16/h2-8H,1H3. The molecular formula is C12H10N4O2S. The molecule has 3 rings (SSSR count). The summed E-state index contributed by atoms with van der Waals surface area (Å²) in [6.07, 6.45) is 4.12. The topological polar surface area (TPSA) is 77.7 Å². The number of benzene rings is 1. The van der Waals surface area contributed by atoms with E-state index in [0.29, 0.717) is 5.82 Å². The number of rotatable bonds is 2. The highest BCUT2D eigenvalue weighted by Gasteiger charge is 2.13. The fourth-order valence-electron chi connectivity index (χ4n) is 1.79. The van der Waals surface area contributed by atoms with Crippen molar-refractivity contribution >= 4 is 20.9 Å². The molecule has 0 unspecified atom stereocenters. The summed E-state index contributed by atoms with van der Waals surface area (Å²) in [7, 11) is -3.43. The van der Waals surface area contributed by atoms with Gasteiger partial charge in [-0.3, -0.25) is 4.57 Å². The molecule has 7 heteroatoms. The Morgan fingerprint density at radius 3 is 2.68 bits per heavy atom. The Morgan fingerprint density at radius 2 is 1.89 bits per heavy atom. The predicted octanol–water partition coefficient (Wildman–Crippen LogP) is 1.22. The number of para-hydroxylation sites is 2. The average Bonchev–Trinajstić information content (AvgIpc) is 2.82. The Bertz CT molecular complexity index is 855. The van der Waals surface area contributed by atoms with Gasteiger partial charge >= 0.3 is 0 Å². The van der Waals surface area contributed by atoms with E-state index in [1.807, 2.05) is 24.3 Å². The van der Waals surface area contributed by atoms with E-state index >= 15 is 0 Å². The summed E-state index contributed by atoms with van der Waals surface area (Å²) in [5, 5.41) is -0.192. The van der Waals surface area contributed by atoms with Gasteiger partial charge in [-0.15, -0.1) is 0 Å². The maximum atomic E-state index is 11.5. The third kappa shape index (κ3) is 2.08. The van der Waals surface area contributed by atoms with E-state index in [0.717, 1.165) is 17.3 Å². The fourth-order valence-corrected chi connectivity index (χ4v) is 2.30. The molecule has 0 radical (unpaired) electrons. The highest BCUT2D eigenvalue weighted by molar-refractivity contribution is 7.90. The van der Waals surface area contributed by atoms with Gasteiger partial charge in [0, 0.05) is 12.5 Å². The zero-order valence-electron chi connectivity index (χ0n) is 10.1. The lowest BCUT2D eigenvalue weighted by molar-refractivity contribution is 0.592. The van der Waals surface area contributed by atoms with Gasteiger partial charge in [0.1, 0.15) is 12.1 Å². The van der Waals surface area contributed by atoms with E-state index < -0.39 is 9.84 Å². The number of nitrogens with zero attached hydrogens (tertiary/aromatic N) is 4. The van der Waals surface area contributed by atoms with Gasteiger partial charge in [0.25, 0.3) is 0 Å². The van der Waals surface area contributed by atoms with Crippen LogP contribution in [0, 0.1) is 0 Å². The molecule has 0 bridgehead atoms. The summed E-state index contributed by atoms with van der Waals surface area (Å²) >= 11 is 0. The first-order valence-electron chi connectivity index (χ1n) is 5.51. The van der Waals surface area contributed by atoms with Crippen molar-refractivity contribution in [1.82, 2.24) is 19.5 Å². The van der Waals surface area contributed by atoms with Crippen LogP contribution >= 0.6 is 0 Å². The molecule has 6 nitrogen and oxygen atoms in total. The SMILES string of the molecule is CS(=O)(=O)c1nccc(-n2cnc3ccccc32)n1. The molecule has 0 aliphatic carbocycles. The van der Waals surface area contributed by atoms with Gasteiger partial charge in [0.2, 0.25) is 15.0 Å². The molecule has 0 atom stereocenters. The first-order chi connectivity index (χ1) is 9.05. The van der Waals surface area contributed by atoms with E-state index in [1.54, 1.807) is 17.0 Å². The first kappa shape index (κ1) is 11.8. The lowest BCUT2D eigenvalue weighted by Crippen LogP contribution is -2.06. The molecule has 0 aliphatic heterocycles. The Labute approximate surface area is 109 Å². The molecule has 0 saturated heterocycles. The van der Waals surface area contributed by atoms with Crippen LogP contribution in [0.3, 0.4) is 0 Å². The van der Waals surface area contributed by atoms with Gasteiger partial charge in [-0.05, 0) is 18.2 Å². The van der Waals surface area contributed by atoms with Crippen LogP contribution in [0.4, 0.5) is 0 Å². The predicted molar refractivity (Wildman–Crippen MR) is 69.8 cm³/mol. The molecule has 2 aromatic heterocycles. The molecule has 0 spiro atoms. The zero-order chi connectivity index (χ0) is 13.5. The number of hydrogen-bond donors (Lipinski definition) is 0. The van der Waals surface area contributed by atoms with E-state index in [9.17, 15) is 8.42 Å². The molecule has 0 aliphatic rings. The summed E-state index contributed by atoms with van der Waals surface area (Å²) in [5.41, 5.74) is 1.68. The van der Waals surface area contributed by atoms with Crippen molar-refractivity contribution < 1.29 is 8.42 Å². The second kappa shape index (κ2) is 4.13. The third-order valence-corrected chi connectivity index (χ3v) is 3.51. The molecule has 0 fully saturated rings. The van der Waals surface area contributed by atoms with Crippen LogP contribution in [0.25, 0.3) is 16.9 Å². The Morgan fingerprint density at radius 1 is 1.11 bits per heavy atom. The molecule has 2 heterocycles. The third-order valence-electron chi connectivity index (χ3n) is 2.65. The summed E-state index contributed by atoms with van der Waals surface area (Å²) in [5.74, 6) is 0.476. The van der Waals surface area contributed by atoms with E-state index in [4.69, 9.17) is 0 Å². The normalized spacial score (nSPS) is 11.8. The summed E-state index contributed by atoms with van der Waals surface area (Å²) in [4.78, 5) is 12.1. The zero-order valence-corrected chi connectivity index (χ0v) is 10.9. The van der Waals surface area contributed by atoms with Gasteiger partial charge < -0.3 is 0 Å². The average molecular weight is 274 g/mol. The van der Waals surface area contributed by atoms with Crippen LogP contribution in [0.2, 0.25) is 0 Å². The molecule has 0 amide bonds. The Balaban J connectivity index is 2.22. The minimum absolute atomic E-state index is 0.192. The number of aromatic nitrogens is 4.